The molecular weight excluding hydrogens is 374 g/mol. The van der Waals surface area contributed by atoms with Crippen LogP contribution in [-0.4, -0.2) is 16.9 Å². The monoisotopic (exact) mass is 388 g/mol. The van der Waals surface area contributed by atoms with E-state index in [9.17, 15) is 28.5 Å². The highest BCUT2D eigenvalue weighted by Crippen LogP contribution is 2.29. The van der Waals surface area contributed by atoms with Gasteiger partial charge in [-0.1, -0.05) is 12.1 Å². The van der Waals surface area contributed by atoms with E-state index in [1.807, 2.05) is 0 Å². The second-order valence-corrected chi connectivity index (χ2v) is 6.01. The Morgan fingerprint density at radius 2 is 1.93 bits per heavy atom. The molecule has 0 aliphatic carbocycles. The maximum absolute atomic E-state index is 13.4. The van der Waals surface area contributed by atoms with Crippen molar-refractivity contribution < 1.29 is 23.3 Å². The van der Waals surface area contributed by atoms with E-state index in [4.69, 9.17) is 0 Å². The van der Waals surface area contributed by atoms with Gasteiger partial charge in [0, 0.05) is 29.6 Å². The third-order valence-corrected chi connectivity index (χ3v) is 4.11. The number of hydrogen-bond acceptors (Lipinski definition) is 4. The Kier molecular flexibility index (Phi) is 5.03. The number of non-ortho nitro benzene ring substituents is 1. The molecule has 8 nitrogen and oxygen atoms in total. The number of urea groups is 1. The Morgan fingerprint density at radius 3 is 2.61 bits per heavy atom. The van der Waals surface area contributed by atoms with Crippen LogP contribution in [0.1, 0.15) is 18.5 Å². The van der Waals surface area contributed by atoms with Crippen molar-refractivity contribution in [3.8, 4) is 0 Å². The molecule has 2 aromatic rings. The van der Waals surface area contributed by atoms with Crippen molar-refractivity contribution >= 4 is 23.3 Å². The minimum absolute atomic E-state index is 0.0129. The zero-order chi connectivity index (χ0) is 20.4. The predicted octanol–water partition coefficient (Wildman–Crippen LogP) is 3.14. The van der Waals surface area contributed by atoms with Gasteiger partial charge in [0.2, 0.25) is 0 Å². The van der Waals surface area contributed by atoms with Gasteiger partial charge in [0.1, 0.15) is 0 Å². The second kappa shape index (κ2) is 7.43. The van der Waals surface area contributed by atoms with Crippen LogP contribution >= 0.6 is 0 Å². The molecule has 28 heavy (non-hydrogen) atoms. The first kappa shape index (κ1) is 19.0. The Bertz CT molecular complexity index is 1020. The first-order chi connectivity index (χ1) is 13.3. The standard InChI is InChI=1S/C18H14F2N4O4/c1-9-15(17(25)22-11-5-6-13(19)14(20)8-11)16(23-18(26)21-9)10-3-2-4-12(7-10)24(27)28/h2-8,16H,1H3,(H,22,25)(H2,21,23,26)/t16-/m1/s1. The fraction of sp³-hybridized carbons (Fsp3) is 0.111. The Labute approximate surface area is 157 Å². The number of anilines is 1. The van der Waals surface area contributed by atoms with E-state index < -0.39 is 34.5 Å². The summed E-state index contributed by atoms with van der Waals surface area (Å²) < 4.78 is 26.5. The van der Waals surface area contributed by atoms with Crippen molar-refractivity contribution in [2.45, 2.75) is 13.0 Å². The number of nitro benzene ring substituents is 1. The number of rotatable bonds is 4. The molecule has 3 rings (SSSR count). The van der Waals surface area contributed by atoms with E-state index >= 15 is 0 Å². The summed E-state index contributed by atoms with van der Waals surface area (Å²) in [5.74, 6) is -2.88. The average Bonchev–Trinajstić information content (AvgIpc) is 2.64. The summed E-state index contributed by atoms with van der Waals surface area (Å²) in [6.07, 6.45) is 0. The number of allylic oxidation sites excluding steroid dienone is 1. The van der Waals surface area contributed by atoms with E-state index in [1.54, 1.807) is 0 Å². The number of benzene rings is 2. The third-order valence-electron chi connectivity index (χ3n) is 4.11. The molecule has 1 atom stereocenters. The molecule has 0 unspecified atom stereocenters. The molecule has 0 saturated carbocycles. The van der Waals surface area contributed by atoms with Gasteiger partial charge in [-0.05, 0) is 24.6 Å². The quantitative estimate of drug-likeness (QED) is 0.551. The molecule has 144 valence electrons. The zero-order valence-electron chi connectivity index (χ0n) is 14.5. The number of nitrogens with one attached hydrogen (secondary N) is 3. The van der Waals surface area contributed by atoms with Gasteiger partial charge in [-0.15, -0.1) is 0 Å². The van der Waals surface area contributed by atoms with E-state index in [0.717, 1.165) is 12.1 Å². The van der Waals surface area contributed by atoms with Gasteiger partial charge >= 0.3 is 6.03 Å². The summed E-state index contributed by atoms with van der Waals surface area (Å²) in [7, 11) is 0. The smallest absolute Gasteiger partial charge is 0.319 e. The van der Waals surface area contributed by atoms with Crippen molar-refractivity contribution in [2.75, 3.05) is 5.32 Å². The molecule has 0 bridgehead atoms. The number of hydrogen-bond donors (Lipinski definition) is 3. The van der Waals surface area contributed by atoms with E-state index in [-0.39, 0.29) is 22.6 Å². The predicted molar refractivity (Wildman–Crippen MR) is 95.2 cm³/mol. The normalized spacial score (nSPS) is 16.2. The van der Waals surface area contributed by atoms with Crippen LogP contribution in [0.25, 0.3) is 0 Å². The molecule has 1 aliphatic rings. The third kappa shape index (κ3) is 3.80. The highest BCUT2D eigenvalue weighted by molar-refractivity contribution is 6.06. The topological polar surface area (TPSA) is 113 Å². The van der Waals surface area contributed by atoms with E-state index in [2.05, 4.69) is 16.0 Å². The fourth-order valence-electron chi connectivity index (χ4n) is 2.84. The lowest BCUT2D eigenvalue weighted by molar-refractivity contribution is -0.384. The van der Waals surface area contributed by atoms with Crippen molar-refractivity contribution in [3.05, 3.63) is 81.0 Å². The maximum atomic E-state index is 13.4. The summed E-state index contributed by atoms with van der Waals surface area (Å²) in [5, 5.41) is 18.5. The first-order valence-corrected chi connectivity index (χ1v) is 8.05. The molecule has 0 spiro atoms. The zero-order valence-corrected chi connectivity index (χ0v) is 14.5. The lowest BCUT2D eigenvalue weighted by Gasteiger charge is -2.28. The Balaban J connectivity index is 1.97. The summed E-state index contributed by atoms with van der Waals surface area (Å²) in [4.78, 5) is 35.1. The van der Waals surface area contributed by atoms with Crippen LogP contribution in [0.2, 0.25) is 0 Å². The number of halogens is 2. The van der Waals surface area contributed by atoms with Crippen LogP contribution in [0.4, 0.5) is 25.0 Å². The number of carbonyl (C=O) groups excluding carboxylic acids is 2. The van der Waals surface area contributed by atoms with Crippen LogP contribution < -0.4 is 16.0 Å². The largest absolute Gasteiger partial charge is 0.327 e. The number of nitrogens with zero attached hydrogens (tertiary/aromatic N) is 1. The molecule has 10 heteroatoms. The van der Waals surface area contributed by atoms with Crippen molar-refractivity contribution in [1.29, 1.82) is 0 Å². The molecule has 1 aliphatic heterocycles. The molecule has 0 aromatic heterocycles. The SMILES string of the molecule is CC1=C(C(=O)Nc2ccc(F)c(F)c2)[C@@H](c2cccc([N+](=O)[O-])c2)NC(=O)N1. The summed E-state index contributed by atoms with van der Waals surface area (Å²) in [6.45, 7) is 1.49. The van der Waals surface area contributed by atoms with Crippen LogP contribution in [0.5, 0.6) is 0 Å². The summed E-state index contributed by atoms with van der Waals surface area (Å²) in [5.41, 5.74) is 0.422. The van der Waals surface area contributed by atoms with Crippen LogP contribution in [0.15, 0.2) is 53.7 Å². The lowest BCUT2D eigenvalue weighted by atomic mass is 9.94. The maximum Gasteiger partial charge on any atom is 0.319 e. The fourth-order valence-corrected chi connectivity index (χ4v) is 2.84. The lowest BCUT2D eigenvalue weighted by Crippen LogP contribution is -2.46. The van der Waals surface area contributed by atoms with E-state index in [0.29, 0.717) is 5.56 Å². The number of nitro groups is 1. The van der Waals surface area contributed by atoms with E-state index in [1.165, 1.54) is 37.3 Å². The number of carbonyl (C=O) groups is 2. The van der Waals surface area contributed by atoms with Gasteiger partial charge in [-0.25, -0.2) is 13.6 Å². The molecule has 0 radical (unpaired) electrons. The van der Waals surface area contributed by atoms with Crippen molar-refractivity contribution in [1.82, 2.24) is 10.6 Å². The van der Waals surface area contributed by atoms with Gasteiger partial charge in [0.05, 0.1) is 16.5 Å². The summed E-state index contributed by atoms with van der Waals surface area (Å²) >= 11 is 0. The molecule has 0 saturated heterocycles. The van der Waals surface area contributed by atoms with Gasteiger partial charge in [0.25, 0.3) is 11.6 Å². The van der Waals surface area contributed by atoms with Crippen LogP contribution in [-0.2, 0) is 4.79 Å². The molecule has 3 N–H and O–H groups in total. The van der Waals surface area contributed by atoms with Gasteiger partial charge < -0.3 is 16.0 Å². The van der Waals surface area contributed by atoms with Crippen LogP contribution in [0, 0.1) is 21.7 Å². The van der Waals surface area contributed by atoms with Crippen molar-refractivity contribution in [2.24, 2.45) is 0 Å². The minimum Gasteiger partial charge on any atom is -0.327 e. The average molecular weight is 388 g/mol. The highest BCUT2D eigenvalue weighted by Gasteiger charge is 2.32. The number of amides is 3. The van der Waals surface area contributed by atoms with Gasteiger partial charge in [-0.2, -0.15) is 0 Å². The molecule has 3 amide bonds. The van der Waals surface area contributed by atoms with Crippen LogP contribution in [0.3, 0.4) is 0 Å². The van der Waals surface area contributed by atoms with Crippen molar-refractivity contribution in [3.63, 3.8) is 0 Å². The highest BCUT2D eigenvalue weighted by atomic mass is 19.2. The molecule has 0 fully saturated rings. The molecular formula is C18H14F2N4O4. The molecule has 1 heterocycles. The second-order valence-electron chi connectivity index (χ2n) is 6.01. The molecule has 2 aromatic carbocycles. The Morgan fingerprint density at radius 1 is 1.18 bits per heavy atom. The summed E-state index contributed by atoms with van der Waals surface area (Å²) in [6, 6.07) is 6.80. The van der Waals surface area contributed by atoms with Gasteiger partial charge in [-0.3, -0.25) is 14.9 Å². The minimum atomic E-state index is -1.13. The Hall–Kier alpha value is -3.82. The first-order valence-electron chi connectivity index (χ1n) is 8.05. The van der Waals surface area contributed by atoms with Gasteiger partial charge in [0.15, 0.2) is 11.6 Å².